The summed E-state index contributed by atoms with van der Waals surface area (Å²) in [6.45, 7) is 1.25. The van der Waals surface area contributed by atoms with Crippen LogP contribution in [0.5, 0.6) is 11.5 Å². The van der Waals surface area contributed by atoms with Crippen LogP contribution in [0, 0.1) is 0 Å². The molecule has 4 nitrogen and oxygen atoms in total. The van der Waals surface area contributed by atoms with Crippen molar-refractivity contribution in [3.05, 3.63) is 47.5 Å². The van der Waals surface area contributed by atoms with Gasteiger partial charge < -0.3 is 19.1 Å². The zero-order valence-electron chi connectivity index (χ0n) is 13.5. The fraction of sp³-hybridized carbons (Fsp3) is 0.300. The summed E-state index contributed by atoms with van der Waals surface area (Å²) in [4.78, 5) is 21.5. The van der Waals surface area contributed by atoms with Crippen molar-refractivity contribution < 1.29 is 19.1 Å². The third-order valence-corrected chi connectivity index (χ3v) is 4.07. The molecule has 0 unspecified atom stereocenters. The van der Waals surface area contributed by atoms with Crippen LogP contribution < -0.4 is 9.47 Å². The highest BCUT2D eigenvalue weighted by Crippen LogP contribution is 2.38. The second-order valence-corrected chi connectivity index (χ2v) is 5.81. The van der Waals surface area contributed by atoms with Crippen molar-refractivity contribution in [1.29, 1.82) is 0 Å². The van der Waals surface area contributed by atoms with E-state index in [1.54, 1.807) is 0 Å². The maximum atomic E-state index is 10.8. The van der Waals surface area contributed by atoms with Gasteiger partial charge in [0.25, 0.3) is 0 Å². The molecule has 1 heterocycles. The van der Waals surface area contributed by atoms with Crippen molar-refractivity contribution in [3.63, 3.8) is 0 Å². The van der Waals surface area contributed by atoms with Gasteiger partial charge in [-0.15, -0.1) is 0 Å². The lowest BCUT2D eigenvalue weighted by Crippen LogP contribution is -2.07. The zero-order chi connectivity index (χ0) is 16.8. The van der Waals surface area contributed by atoms with Gasteiger partial charge in [0.15, 0.2) is 0 Å². The number of carbonyl (C=O) groups excluding carboxylic acids is 2. The SMILES string of the molecule is O=CCc1ccc2c(c1)OCCCCOc1cc(CC=O)ccc1-2. The molecule has 0 fully saturated rings. The lowest BCUT2D eigenvalue weighted by Gasteiger charge is -2.19. The van der Waals surface area contributed by atoms with E-state index >= 15 is 0 Å². The summed E-state index contributed by atoms with van der Waals surface area (Å²) in [6.07, 6.45) is 4.34. The second-order valence-electron chi connectivity index (χ2n) is 5.81. The van der Waals surface area contributed by atoms with E-state index in [2.05, 4.69) is 0 Å². The molecule has 0 saturated heterocycles. The van der Waals surface area contributed by atoms with E-state index in [0.29, 0.717) is 26.1 Å². The summed E-state index contributed by atoms with van der Waals surface area (Å²) >= 11 is 0. The van der Waals surface area contributed by atoms with Crippen LogP contribution in [0.4, 0.5) is 0 Å². The van der Waals surface area contributed by atoms with Crippen LogP contribution in [0.1, 0.15) is 24.0 Å². The van der Waals surface area contributed by atoms with E-state index in [1.165, 1.54) is 0 Å². The number of rotatable bonds is 4. The van der Waals surface area contributed by atoms with Gasteiger partial charge in [0.05, 0.1) is 13.2 Å². The predicted octanol–water partition coefficient (Wildman–Crippen LogP) is 3.39. The molecule has 3 rings (SSSR count). The molecule has 0 spiro atoms. The molecule has 0 atom stereocenters. The Hall–Kier alpha value is -2.62. The first-order valence-electron chi connectivity index (χ1n) is 8.21. The van der Waals surface area contributed by atoms with Gasteiger partial charge in [-0.1, -0.05) is 24.3 Å². The highest BCUT2D eigenvalue weighted by Gasteiger charge is 2.15. The number of carbonyl (C=O) groups is 2. The molecule has 2 aromatic rings. The van der Waals surface area contributed by atoms with Crippen molar-refractivity contribution in [2.45, 2.75) is 25.7 Å². The van der Waals surface area contributed by atoms with Gasteiger partial charge in [-0.2, -0.15) is 0 Å². The highest BCUT2D eigenvalue weighted by atomic mass is 16.5. The minimum atomic E-state index is 0.373. The van der Waals surface area contributed by atoms with Crippen LogP contribution in [0.3, 0.4) is 0 Å². The summed E-state index contributed by atoms with van der Waals surface area (Å²) < 4.78 is 11.9. The van der Waals surface area contributed by atoms with E-state index in [0.717, 1.165) is 59.2 Å². The molecule has 24 heavy (non-hydrogen) atoms. The molecule has 1 aliphatic heterocycles. The molecule has 0 aliphatic carbocycles. The van der Waals surface area contributed by atoms with Crippen LogP contribution in [0.15, 0.2) is 36.4 Å². The first-order chi connectivity index (χ1) is 11.8. The number of benzene rings is 2. The Morgan fingerprint density at radius 1 is 0.750 bits per heavy atom. The third kappa shape index (κ3) is 3.65. The monoisotopic (exact) mass is 324 g/mol. The number of fused-ring (bicyclic) bond motifs is 3. The molecule has 0 aromatic heterocycles. The van der Waals surface area contributed by atoms with Gasteiger partial charge in [0.1, 0.15) is 24.1 Å². The van der Waals surface area contributed by atoms with Crippen molar-refractivity contribution >= 4 is 12.6 Å². The van der Waals surface area contributed by atoms with E-state index in [4.69, 9.17) is 9.47 Å². The summed E-state index contributed by atoms with van der Waals surface area (Å²) in [5, 5.41) is 0. The van der Waals surface area contributed by atoms with Crippen molar-refractivity contribution in [2.75, 3.05) is 13.2 Å². The minimum Gasteiger partial charge on any atom is -0.493 e. The fourth-order valence-electron chi connectivity index (χ4n) is 2.83. The molecule has 124 valence electrons. The van der Waals surface area contributed by atoms with E-state index < -0.39 is 0 Å². The van der Waals surface area contributed by atoms with E-state index in [-0.39, 0.29) is 0 Å². The lowest BCUT2D eigenvalue weighted by molar-refractivity contribution is -0.108. The van der Waals surface area contributed by atoms with Gasteiger partial charge >= 0.3 is 0 Å². The number of hydrogen-bond donors (Lipinski definition) is 0. The normalized spacial score (nSPS) is 13.7. The maximum absolute atomic E-state index is 10.8. The first kappa shape index (κ1) is 16.2. The average molecular weight is 324 g/mol. The predicted molar refractivity (Wildman–Crippen MR) is 91.6 cm³/mol. The summed E-state index contributed by atoms with van der Waals surface area (Å²) in [5.74, 6) is 1.54. The molecule has 0 radical (unpaired) electrons. The fourth-order valence-corrected chi connectivity index (χ4v) is 2.83. The van der Waals surface area contributed by atoms with Gasteiger partial charge in [-0.05, 0) is 36.1 Å². The van der Waals surface area contributed by atoms with Crippen LogP contribution in [-0.4, -0.2) is 25.8 Å². The minimum absolute atomic E-state index is 0.373. The first-order valence-corrected chi connectivity index (χ1v) is 8.21. The Labute approximate surface area is 141 Å². The standard InChI is InChI=1S/C20H20O4/c21-9-7-15-3-5-17-18-6-4-16(8-10-22)14-20(18)24-12-2-1-11-23-19(17)13-15/h3-6,9-10,13-14H,1-2,7-8,11-12H2. The molecule has 0 N–H and O–H groups in total. The van der Waals surface area contributed by atoms with Crippen LogP contribution >= 0.6 is 0 Å². The van der Waals surface area contributed by atoms with Crippen LogP contribution in [0.2, 0.25) is 0 Å². The van der Waals surface area contributed by atoms with Crippen molar-refractivity contribution in [1.82, 2.24) is 0 Å². The highest BCUT2D eigenvalue weighted by molar-refractivity contribution is 5.77. The van der Waals surface area contributed by atoms with Crippen LogP contribution in [0.25, 0.3) is 11.1 Å². The van der Waals surface area contributed by atoms with E-state index in [9.17, 15) is 9.59 Å². The summed E-state index contributed by atoms with van der Waals surface area (Å²) in [7, 11) is 0. The maximum Gasteiger partial charge on any atom is 0.127 e. The third-order valence-electron chi connectivity index (χ3n) is 4.07. The molecule has 0 saturated carbocycles. The Balaban J connectivity index is 2.08. The van der Waals surface area contributed by atoms with Gasteiger partial charge in [-0.25, -0.2) is 0 Å². The Kier molecular flexibility index (Phi) is 5.26. The lowest BCUT2D eigenvalue weighted by atomic mass is 9.98. The van der Waals surface area contributed by atoms with Crippen molar-refractivity contribution in [2.24, 2.45) is 0 Å². The number of ether oxygens (including phenoxy) is 2. The molecular weight excluding hydrogens is 304 g/mol. The quantitative estimate of drug-likeness (QED) is 0.809. The van der Waals surface area contributed by atoms with Gasteiger partial charge in [-0.3, -0.25) is 0 Å². The summed E-state index contributed by atoms with van der Waals surface area (Å²) in [5.41, 5.74) is 3.75. The van der Waals surface area contributed by atoms with Gasteiger partial charge in [0, 0.05) is 24.0 Å². The Bertz CT molecular complexity index is 673. The Morgan fingerprint density at radius 2 is 1.21 bits per heavy atom. The molecule has 4 heteroatoms. The van der Waals surface area contributed by atoms with E-state index in [1.807, 2.05) is 36.4 Å². The van der Waals surface area contributed by atoms with Crippen LogP contribution in [-0.2, 0) is 22.4 Å². The molecular formula is C20H20O4. The number of hydrogen-bond acceptors (Lipinski definition) is 4. The molecule has 1 aliphatic rings. The number of aldehydes is 2. The largest absolute Gasteiger partial charge is 0.493 e. The molecule has 0 amide bonds. The Morgan fingerprint density at radius 3 is 1.62 bits per heavy atom. The average Bonchev–Trinajstić information content (AvgIpc) is 2.59. The second kappa shape index (κ2) is 7.77. The molecule has 0 bridgehead atoms. The van der Waals surface area contributed by atoms with Gasteiger partial charge in [0.2, 0.25) is 0 Å². The topological polar surface area (TPSA) is 52.6 Å². The smallest absolute Gasteiger partial charge is 0.127 e. The molecule has 2 aromatic carbocycles. The summed E-state index contributed by atoms with van der Waals surface area (Å²) in [6, 6.07) is 11.7. The van der Waals surface area contributed by atoms with Crippen molar-refractivity contribution in [3.8, 4) is 22.6 Å². The zero-order valence-corrected chi connectivity index (χ0v) is 13.5.